The number of hydrogen-bond acceptors (Lipinski definition) is 2. The van der Waals surface area contributed by atoms with E-state index >= 15 is 0 Å². The molecule has 0 N–H and O–H groups in total. The topological polar surface area (TPSA) is 37.4 Å². The van der Waals surface area contributed by atoms with Crippen molar-refractivity contribution in [2.24, 2.45) is 0 Å². The highest BCUT2D eigenvalue weighted by Crippen LogP contribution is 2.33. The van der Waals surface area contributed by atoms with E-state index in [1.165, 1.54) is 11.0 Å². The fourth-order valence-electron chi connectivity index (χ4n) is 3.03. The van der Waals surface area contributed by atoms with Crippen LogP contribution in [0, 0.1) is 20.8 Å². The number of hydrogen-bond donors (Lipinski definition) is 0. The van der Waals surface area contributed by atoms with Gasteiger partial charge in [0.1, 0.15) is 0 Å². The van der Waals surface area contributed by atoms with Gasteiger partial charge in [-0.3, -0.25) is 9.59 Å². The van der Waals surface area contributed by atoms with Gasteiger partial charge in [-0.05, 0) is 37.5 Å². The lowest BCUT2D eigenvalue weighted by Crippen LogP contribution is -2.32. The molecule has 3 nitrogen and oxygen atoms in total. The van der Waals surface area contributed by atoms with Crippen LogP contribution in [0.15, 0.2) is 48.5 Å². The van der Waals surface area contributed by atoms with Crippen LogP contribution in [-0.4, -0.2) is 11.8 Å². The van der Waals surface area contributed by atoms with Gasteiger partial charge in [-0.2, -0.15) is 0 Å². The van der Waals surface area contributed by atoms with Crippen molar-refractivity contribution in [3.8, 4) is 0 Å². The van der Waals surface area contributed by atoms with Crippen LogP contribution >= 0.6 is 0 Å². The van der Waals surface area contributed by atoms with Crippen molar-refractivity contribution in [2.45, 2.75) is 20.8 Å². The third-order valence-corrected chi connectivity index (χ3v) is 3.87. The number of carbonyl (C=O) groups excluding carboxylic acids is 2. The summed E-state index contributed by atoms with van der Waals surface area (Å²) < 4.78 is 0. The molecule has 22 heavy (non-hydrogen) atoms. The summed E-state index contributed by atoms with van der Waals surface area (Å²) in [5.41, 5.74) is 4.90. The Morgan fingerprint density at radius 1 is 0.864 bits per heavy atom. The van der Waals surface area contributed by atoms with Crippen LogP contribution in [0.2, 0.25) is 0 Å². The van der Waals surface area contributed by atoms with Gasteiger partial charge in [0, 0.05) is 6.08 Å². The standard InChI is InChI=1S/C19H17NO2/c1-12-9-13(2)18(14(3)10-12)20-17(21)11-16(19(20)22)15-7-5-4-6-8-15/h4-11H,1-3H3. The SMILES string of the molecule is Cc1cc(C)c(N2C(=O)C=C(c3ccccc3)C2=O)c(C)c1. The monoisotopic (exact) mass is 291 g/mol. The predicted molar refractivity (Wildman–Crippen MR) is 87.6 cm³/mol. The number of benzene rings is 2. The first kappa shape index (κ1) is 14.3. The summed E-state index contributed by atoms with van der Waals surface area (Å²) >= 11 is 0. The summed E-state index contributed by atoms with van der Waals surface area (Å²) in [6.07, 6.45) is 1.43. The van der Waals surface area contributed by atoms with Crippen LogP contribution in [0.25, 0.3) is 5.57 Å². The minimum Gasteiger partial charge on any atom is -0.269 e. The van der Waals surface area contributed by atoms with Crippen LogP contribution in [-0.2, 0) is 9.59 Å². The molecule has 1 aliphatic rings. The fraction of sp³-hybridized carbons (Fsp3) is 0.158. The normalized spacial score (nSPS) is 14.5. The van der Waals surface area contributed by atoms with Crippen molar-refractivity contribution in [3.63, 3.8) is 0 Å². The first-order chi connectivity index (χ1) is 10.5. The molecular weight excluding hydrogens is 274 g/mol. The molecule has 0 radical (unpaired) electrons. The van der Waals surface area contributed by atoms with E-state index in [1.54, 1.807) is 0 Å². The Hall–Kier alpha value is -2.68. The second kappa shape index (κ2) is 5.26. The lowest BCUT2D eigenvalue weighted by molar-refractivity contribution is -0.119. The zero-order valence-corrected chi connectivity index (χ0v) is 12.9. The first-order valence-electron chi connectivity index (χ1n) is 7.22. The maximum Gasteiger partial charge on any atom is 0.266 e. The summed E-state index contributed by atoms with van der Waals surface area (Å²) in [7, 11) is 0. The Morgan fingerprint density at radius 3 is 2.05 bits per heavy atom. The Balaban J connectivity index is 2.06. The molecule has 0 saturated heterocycles. The molecule has 0 fully saturated rings. The van der Waals surface area contributed by atoms with Crippen molar-refractivity contribution >= 4 is 23.1 Å². The minimum atomic E-state index is -0.279. The van der Waals surface area contributed by atoms with Crippen molar-refractivity contribution in [2.75, 3.05) is 4.90 Å². The van der Waals surface area contributed by atoms with Crippen molar-refractivity contribution in [1.29, 1.82) is 0 Å². The van der Waals surface area contributed by atoms with Gasteiger partial charge in [-0.1, -0.05) is 48.0 Å². The number of aryl methyl sites for hydroxylation is 3. The second-order valence-electron chi connectivity index (χ2n) is 5.65. The van der Waals surface area contributed by atoms with E-state index < -0.39 is 0 Å². The van der Waals surface area contributed by atoms with Gasteiger partial charge in [0.25, 0.3) is 11.8 Å². The van der Waals surface area contributed by atoms with E-state index in [1.807, 2.05) is 63.2 Å². The second-order valence-corrected chi connectivity index (χ2v) is 5.65. The molecule has 0 bridgehead atoms. The molecule has 1 heterocycles. The minimum absolute atomic E-state index is 0.258. The summed E-state index contributed by atoms with van der Waals surface area (Å²) in [6, 6.07) is 13.3. The maximum absolute atomic E-state index is 12.7. The Bertz CT molecular complexity index is 780. The lowest BCUT2D eigenvalue weighted by Gasteiger charge is -2.20. The Kier molecular flexibility index (Phi) is 3.41. The molecule has 2 aromatic carbocycles. The number of nitrogens with zero attached hydrogens (tertiary/aromatic N) is 1. The lowest BCUT2D eigenvalue weighted by atomic mass is 10.0. The molecule has 110 valence electrons. The van der Waals surface area contributed by atoms with Gasteiger partial charge >= 0.3 is 0 Å². The highest BCUT2D eigenvalue weighted by molar-refractivity contribution is 6.43. The van der Waals surface area contributed by atoms with Gasteiger partial charge in [0.05, 0.1) is 11.3 Å². The van der Waals surface area contributed by atoms with Gasteiger partial charge in [-0.25, -0.2) is 4.90 Å². The van der Waals surface area contributed by atoms with E-state index in [0.717, 1.165) is 22.3 Å². The Morgan fingerprint density at radius 2 is 1.45 bits per heavy atom. The molecule has 0 unspecified atom stereocenters. The molecule has 1 aliphatic heterocycles. The largest absolute Gasteiger partial charge is 0.269 e. The molecule has 0 aromatic heterocycles. The molecule has 2 amide bonds. The van der Waals surface area contributed by atoms with E-state index in [-0.39, 0.29) is 11.8 Å². The third kappa shape index (κ3) is 2.25. The van der Waals surface area contributed by atoms with Crippen molar-refractivity contribution in [3.05, 3.63) is 70.8 Å². The van der Waals surface area contributed by atoms with Crippen LogP contribution in [0.3, 0.4) is 0 Å². The number of imide groups is 1. The van der Waals surface area contributed by atoms with E-state index in [0.29, 0.717) is 11.3 Å². The van der Waals surface area contributed by atoms with E-state index in [4.69, 9.17) is 0 Å². The van der Waals surface area contributed by atoms with Gasteiger partial charge < -0.3 is 0 Å². The van der Waals surface area contributed by atoms with Crippen LogP contribution in [0.5, 0.6) is 0 Å². The zero-order valence-electron chi connectivity index (χ0n) is 12.9. The highest BCUT2D eigenvalue weighted by Gasteiger charge is 2.34. The highest BCUT2D eigenvalue weighted by atomic mass is 16.2. The quantitative estimate of drug-likeness (QED) is 0.793. The smallest absolute Gasteiger partial charge is 0.266 e. The van der Waals surface area contributed by atoms with Crippen molar-refractivity contribution < 1.29 is 9.59 Å². The Labute approximate surface area is 129 Å². The van der Waals surface area contributed by atoms with Gasteiger partial charge in [0.2, 0.25) is 0 Å². The number of carbonyl (C=O) groups is 2. The van der Waals surface area contributed by atoms with Crippen LogP contribution in [0.4, 0.5) is 5.69 Å². The molecule has 0 aliphatic carbocycles. The fourth-order valence-corrected chi connectivity index (χ4v) is 3.03. The summed E-state index contributed by atoms with van der Waals surface area (Å²) in [5.74, 6) is -0.537. The average Bonchev–Trinajstić information content (AvgIpc) is 2.75. The van der Waals surface area contributed by atoms with Crippen LogP contribution < -0.4 is 4.90 Å². The predicted octanol–water partition coefficient (Wildman–Crippen LogP) is 3.57. The molecule has 0 saturated carbocycles. The maximum atomic E-state index is 12.7. The van der Waals surface area contributed by atoms with E-state index in [2.05, 4.69) is 0 Å². The van der Waals surface area contributed by atoms with Gasteiger partial charge in [-0.15, -0.1) is 0 Å². The van der Waals surface area contributed by atoms with Gasteiger partial charge in [0.15, 0.2) is 0 Å². The zero-order chi connectivity index (χ0) is 15.9. The summed E-state index contributed by atoms with van der Waals surface area (Å²) in [4.78, 5) is 26.4. The summed E-state index contributed by atoms with van der Waals surface area (Å²) in [5, 5.41) is 0. The molecule has 2 aromatic rings. The first-order valence-corrected chi connectivity index (χ1v) is 7.22. The third-order valence-electron chi connectivity index (χ3n) is 3.87. The average molecular weight is 291 g/mol. The molecule has 0 atom stereocenters. The number of amides is 2. The molecular formula is C19H17NO2. The number of rotatable bonds is 2. The molecule has 3 heteroatoms. The number of anilines is 1. The van der Waals surface area contributed by atoms with E-state index in [9.17, 15) is 9.59 Å². The van der Waals surface area contributed by atoms with Crippen LogP contribution in [0.1, 0.15) is 22.3 Å². The summed E-state index contributed by atoms with van der Waals surface area (Å²) in [6.45, 7) is 5.86. The molecule has 0 spiro atoms. The van der Waals surface area contributed by atoms with Crippen molar-refractivity contribution in [1.82, 2.24) is 0 Å². The molecule has 3 rings (SSSR count).